The molecule has 1 aliphatic rings. The number of aromatic nitrogens is 3. The summed E-state index contributed by atoms with van der Waals surface area (Å²) in [6, 6.07) is 0. The zero-order valence-corrected chi connectivity index (χ0v) is 15.9. The van der Waals surface area contributed by atoms with Crippen molar-refractivity contribution < 1.29 is 4.52 Å². The minimum Gasteiger partial charge on any atom is -0.361 e. The second kappa shape index (κ2) is 7.11. The Kier molecular flexibility index (Phi) is 5.10. The molecule has 0 radical (unpaired) electrons. The van der Waals surface area contributed by atoms with Crippen molar-refractivity contribution in [3.63, 3.8) is 0 Å². The minimum absolute atomic E-state index is 0.853. The first-order valence-corrected chi connectivity index (χ1v) is 9.50. The molecule has 0 spiro atoms. The molecule has 0 N–H and O–H groups in total. The maximum absolute atomic E-state index is 5.28. The Labute approximate surface area is 147 Å². The molecule has 0 atom stereocenters. The molecule has 2 aromatic rings. The number of piperazine rings is 1. The Bertz CT molecular complexity index is 703. The summed E-state index contributed by atoms with van der Waals surface area (Å²) in [5, 5.41) is 4.91. The number of hydrogen-bond donors (Lipinski definition) is 0. The van der Waals surface area contributed by atoms with E-state index in [0.717, 1.165) is 60.8 Å². The van der Waals surface area contributed by atoms with E-state index in [9.17, 15) is 0 Å². The summed E-state index contributed by atoms with van der Waals surface area (Å²) in [4.78, 5) is 14.1. The van der Waals surface area contributed by atoms with Crippen LogP contribution in [0.2, 0.25) is 0 Å². The highest BCUT2D eigenvalue weighted by atomic mass is 32.2. The van der Waals surface area contributed by atoms with Crippen LogP contribution in [-0.2, 0) is 6.54 Å². The predicted octanol–water partition coefficient (Wildman–Crippen LogP) is 2.74. The highest BCUT2D eigenvalue weighted by Crippen LogP contribution is 2.24. The van der Waals surface area contributed by atoms with E-state index in [1.165, 1.54) is 11.1 Å². The van der Waals surface area contributed by atoms with Crippen molar-refractivity contribution >= 4 is 17.6 Å². The number of rotatable bonds is 4. The van der Waals surface area contributed by atoms with Gasteiger partial charge in [0.1, 0.15) is 11.6 Å². The van der Waals surface area contributed by atoms with Gasteiger partial charge in [0.05, 0.1) is 5.69 Å². The molecule has 7 heteroatoms. The molecule has 24 heavy (non-hydrogen) atoms. The van der Waals surface area contributed by atoms with Crippen LogP contribution in [0.1, 0.15) is 28.3 Å². The van der Waals surface area contributed by atoms with E-state index in [4.69, 9.17) is 9.51 Å². The van der Waals surface area contributed by atoms with Gasteiger partial charge in [-0.1, -0.05) is 16.9 Å². The summed E-state index contributed by atoms with van der Waals surface area (Å²) in [6.45, 7) is 13.1. The molecular formula is C17H25N5OS. The number of aryl methyl sites for hydroxylation is 3. The fourth-order valence-corrected chi connectivity index (χ4v) is 3.46. The normalized spacial score (nSPS) is 16.0. The van der Waals surface area contributed by atoms with Crippen molar-refractivity contribution in [3.05, 3.63) is 28.3 Å². The molecule has 3 rings (SSSR count). The van der Waals surface area contributed by atoms with E-state index in [1.807, 2.05) is 20.1 Å². The fraction of sp³-hybridized carbons (Fsp3) is 0.588. The van der Waals surface area contributed by atoms with Crippen LogP contribution in [0.15, 0.2) is 9.68 Å². The summed E-state index contributed by atoms with van der Waals surface area (Å²) in [6.07, 6.45) is 2.02. The van der Waals surface area contributed by atoms with E-state index in [1.54, 1.807) is 11.8 Å². The Hall–Kier alpha value is -1.60. The predicted molar refractivity (Wildman–Crippen MR) is 96.8 cm³/mol. The Balaban J connectivity index is 1.68. The first-order valence-electron chi connectivity index (χ1n) is 8.28. The van der Waals surface area contributed by atoms with Gasteiger partial charge in [-0.15, -0.1) is 0 Å². The standard InChI is InChI=1S/C17H25N5OS/c1-11-12(2)18-17(24-5)19-16(11)22-8-6-21(7-9-22)10-15-13(3)20-23-14(15)4/h6-10H2,1-5H3. The lowest BCUT2D eigenvalue weighted by molar-refractivity contribution is 0.247. The van der Waals surface area contributed by atoms with E-state index in [0.29, 0.717) is 0 Å². The van der Waals surface area contributed by atoms with Crippen LogP contribution < -0.4 is 4.90 Å². The summed E-state index contributed by atoms with van der Waals surface area (Å²) in [5.41, 5.74) is 4.48. The number of anilines is 1. The molecule has 0 amide bonds. The quantitative estimate of drug-likeness (QED) is 0.622. The van der Waals surface area contributed by atoms with Crippen LogP contribution in [0.4, 0.5) is 5.82 Å². The van der Waals surface area contributed by atoms with Gasteiger partial charge in [-0.05, 0) is 34.0 Å². The van der Waals surface area contributed by atoms with Gasteiger partial charge < -0.3 is 9.42 Å². The molecule has 1 saturated heterocycles. The van der Waals surface area contributed by atoms with Crippen LogP contribution in [0.25, 0.3) is 0 Å². The van der Waals surface area contributed by atoms with Gasteiger partial charge in [-0.25, -0.2) is 9.97 Å². The number of thioether (sulfide) groups is 1. The van der Waals surface area contributed by atoms with Crippen molar-refractivity contribution in [1.82, 2.24) is 20.0 Å². The van der Waals surface area contributed by atoms with E-state index >= 15 is 0 Å². The van der Waals surface area contributed by atoms with Gasteiger partial charge >= 0.3 is 0 Å². The fourth-order valence-electron chi connectivity index (χ4n) is 3.06. The molecule has 0 aliphatic carbocycles. The van der Waals surface area contributed by atoms with E-state index < -0.39 is 0 Å². The van der Waals surface area contributed by atoms with Crippen LogP contribution in [0.3, 0.4) is 0 Å². The highest BCUT2D eigenvalue weighted by molar-refractivity contribution is 7.98. The monoisotopic (exact) mass is 347 g/mol. The smallest absolute Gasteiger partial charge is 0.189 e. The molecule has 2 aromatic heterocycles. The van der Waals surface area contributed by atoms with E-state index in [-0.39, 0.29) is 0 Å². The molecule has 0 bridgehead atoms. The second-order valence-electron chi connectivity index (χ2n) is 6.31. The Morgan fingerprint density at radius 1 is 1.00 bits per heavy atom. The Morgan fingerprint density at radius 3 is 2.29 bits per heavy atom. The van der Waals surface area contributed by atoms with Crippen LogP contribution in [0.5, 0.6) is 0 Å². The average molecular weight is 347 g/mol. The SMILES string of the molecule is CSc1nc(C)c(C)c(N2CCN(Cc3c(C)noc3C)CC2)n1. The lowest BCUT2D eigenvalue weighted by Gasteiger charge is -2.36. The van der Waals surface area contributed by atoms with Crippen LogP contribution >= 0.6 is 11.8 Å². The first kappa shape index (κ1) is 17.2. The zero-order chi connectivity index (χ0) is 17.3. The van der Waals surface area contributed by atoms with Crippen molar-refractivity contribution in [2.75, 3.05) is 37.3 Å². The van der Waals surface area contributed by atoms with Crippen molar-refractivity contribution in [3.8, 4) is 0 Å². The molecule has 3 heterocycles. The molecule has 130 valence electrons. The molecule has 1 aliphatic heterocycles. The summed E-state index contributed by atoms with van der Waals surface area (Å²) >= 11 is 1.60. The Morgan fingerprint density at radius 2 is 1.71 bits per heavy atom. The third-order valence-electron chi connectivity index (χ3n) is 4.76. The lowest BCUT2D eigenvalue weighted by atomic mass is 10.1. The van der Waals surface area contributed by atoms with Gasteiger partial charge in [-0.3, -0.25) is 4.90 Å². The summed E-state index contributed by atoms with van der Waals surface area (Å²) < 4.78 is 5.28. The third-order valence-corrected chi connectivity index (χ3v) is 5.31. The topological polar surface area (TPSA) is 58.3 Å². The molecule has 0 aromatic carbocycles. The molecule has 6 nitrogen and oxygen atoms in total. The maximum atomic E-state index is 5.28. The minimum atomic E-state index is 0.853. The van der Waals surface area contributed by atoms with Crippen molar-refractivity contribution in [2.45, 2.75) is 39.4 Å². The van der Waals surface area contributed by atoms with Gasteiger partial charge in [-0.2, -0.15) is 0 Å². The number of hydrogen-bond acceptors (Lipinski definition) is 7. The average Bonchev–Trinajstić information content (AvgIpc) is 2.90. The molecule has 1 fully saturated rings. The third kappa shape index (κ3) is 3.42. The largest absolute Gasteiger partial charge is 0.361 e. The first-order chi connectivity index (χ1) is 11.5. The summed E-state index contributed by atoms with van der Waals surface area (Å²) in [7, 11) is 0. The van der Waals surface area contributed by atoms with Gasteiger partial charge in [0, 0.05) is 49.5 Å². The highest BCUT2D eigenvalue weighted by Gasteiger charge is 2.22. The molecule has 0 unspecified atom stereocenters. The summed E-state index contributed by atoms with van der Waals surface area (Å²) in [5.74, 6) is 2.02. The van der Waals surface area contributed by atoms with E-state index in [2.05, 4.69) is 33.8 Å². The second-order valence-corrected chi connectivity index (χ2v) is 7.08. The van der Waals surface area contributed by atoms with Crippen molar-refractivity contribution in [1.29, 1.82) is 0 Å². The van der Waals surface area contributed by atoms with Crippen molar-refractivity contribution in [2.24, 2.45) is 0 Å². The van der Waals surface area contributed by atoms with Crippen LogP contribution in [-0.4, -0.2) is 52.5 Å². The van der Waals surface area contributed by atoms with Gasteiger partial charge in [0.25, 0.3) is 0 Å². The lowest BCUT2D eigenvalue weighted by Crippen LogP contribution is -2.46. The molecular weight excluding hydrogens is 322 g/mol. The van der Waals surface area contributed by atoms with Crippen LogP contribution in [0, 0.1) is 27.7 Å². The van der Waals surface area contributed by atoms with Gasteiger partial charge in [0.15, 0.2) is 5.16 Å². The van der Waals surface area contributed by atoms with Gasteiger partial charge in [0.2, 0.25) is 0 Å². The number of nitrogens with zero attached hydrogens (tertiary/aromatic N) is 5. The maximum Gasteiger partial charge on any atom is 0.189 e. The zero-order valence-electron chi connectivity index (χ0n) is 15.1. The molecule has 0 saturated carbocycles.